The van der Waals surface area contributed by atoms with E-state index in [2.05, 4.69) is 31.2 Å². The molecule has 0 saturated heterocycles. The highest BCUT2D eigenvalue weighted by Gasteiger charge is 2.25. The quantitative estimate of drug-likeness (QED) is 0.671. The van der Waals surface area contributed by atoms with Crippen molar-refractivity contribution >= 4 is 23.2 Å². The molecule has 84 valence electrons. The summed E-state index contributed by atoms with van der Waals surface area (Å²) in [6.07, 6.45) is 5.52. The molecule has 0 aromatic heterocycles. The van der Waals surface area contributed by atoms with Gasteiger partial charge in [0.1, 0.15) is 4.33 Å². The number of benzene rings is 1. The molecule has 0 heterocycles. The lowest BCUT2D eigenvalue weighted by Gasteiger charge is -2.23. The smallest absolute Gasteiger partial charge is 0.0966 e. The molecule has 1 aromatic rings. The van der Waals surface area contributed by atoms with Crippen LogP contribution >= 0.6 is 23.2 Å². The maximum atomic E-state index is 6.14. The Hall–Kier alpha value is -0.720. The first-order chi connectivity index (χ1) is 7.57. The fourth-order valence-electron chi connectivity index (χ4n) is 1.89. The van der Waals surface area contributed by atoms with E-state index in [1.165, 1.54) is 16.7 Å². The van der Waals surface area contributed by atoms with Crippen molar-refractivity contribution in [2.24, 2.45) is 0 Å². The van der Waals surface area contributed by atoms with E-state index in [0.29, 0.717) is 6.42 Å². The van der Waals surface area contributed by atoms with Crippen LogP contribution in [0.1, 0.15) is 18.9 Å². The van der Waals surface area contributed by atoms with Crippen molar-refractivity contribution in [2.45, 2.75) is 24.1 Å². The van der Waals surface area contributed by atoms with Gasteiger partial charge < -0.3 is 0 Å². The Morgan fingerprint density at radius 1 is 1.19 bits per heavy atom. The molecule has 2 rings (SSSR count). The van der Waals surface area contributed by atoms with Gasteiger partial charge in [-0.05, 0) is 25.0 Å². The van der Waals surface area contributed by atoms with Crippen LogP contribution in [0.3, 0.4) is 0 Å². The van der Waals surface area contributed by atoms with Gasteiger partial charge in [0, 0.05) is 6.42 Å². The van der Waals surface area contributed by atoms with E-state index in [0.717, 1.165) is 6.42 Å². The van der Waals surface area contributed by atoms with Crippen molar-refractivity contribution in [3.8, 4) is 0 Å². The zero-order chi connectivity index (χ0) is 11.6. The Bertz CT molecular complexity index is 427. The van der Waals surface area contributed by atoms with Crippen LogP contribution in [0, 0.1) is 0 Å². The van der Waals surface area contributed by atoms with Crippen molar-refractivity contribution in [3.05, 3.63) is 59.2 Å². The average Bonchev–Trinajstić information content (AvgIpc) is 2.25. The summed E-state index contributed by atoms with van der Waals surface area (Å²) in [5.41, 5.74) is 3.90. The fraction of sp³-hybridized carbons (Fsp3) is 0.286. The van der Waals surface area contributed by atoms with E-state index in [1.807, 2.05) is 18.2 Å². The second-order valence-corrected chi connectivity index (χ2v) is 5.76. The summed E-state index contributed by atoms with van der Waals surface area (Å²) in [5, 5.41) is 0. The summed E-state index contributed by atoms with van der Waals surface area (Å²) in [6, 6.07) is 10.4. The van der Waals surface area contributed by atoms with Crippen molar-refractivity contribution in [2.75, 3.05) is 0 Å². The molecule has 0 nitrogen and oxygen atoms in total. The van der Waals surface area contributed by atoms with Gasteiger partial charge in [-0.25, -0.2) is 0 Å². The van der Waals surface area contributed by atoms with Crippen molar-refractivity contribution in [1.29, 1.82) is 0 Å². The lowest BCUT2D eigenvalue weighted by atomic mass is 9.92. The molecule has 0 bridgehead atoms. The van der Waals surface area contributed by atoms with Crippen molar-refractivity contribution < 1.29 is 0 Å². The van der Waals surface area contributed by atoms with Gasteiger partial charge in [-0.3, -0.25) is 0 Å². The summed E-state index contributed by atoms with van der Waals surface area (Å²) in [4.78, 5) is 0. The van der Waals surface area contributed by atoms with Gasteiger partial charge in [0.2, 0.25) is 0 Å². The summed E-state index contributed by atoms with van der Waals surface area (Å²) < 4.78 is -0.733. The summed E-state index contributed by atoms with van der Waals surface area (Å²) in [7, 11) is 0. The first-order valence-corrected chi connectivity index (χ1v) is 6.12. The highest BCUT2D eigenvalue weighted by molar-refractivity contribution is 6.50. The molecule has 2 heteroatoms. The number of hydrogen-bond donors (Lipinski definition) is 0. The molecular weight excluding hydrogens is 239 g/mol. The van der Waals surface area contributed by atoms with E-state index in [9.17, 15) is 0 Å². The lowest BCUT2D eigenvalue weighted by molar-refractivity contribution is 0.848. The Kier molecular flexibility index (Phi) is 3.41. The number of halogens is 2. The number of alkyl halides is 2. The molecule has 1 aliphatic carbocycles. The zero-order valence-electron chi connectivity index (χ0n) is 9.21. The van der Waals surface area contributed by atoms with Crippen molar-refractivity contribution in [3.63, 3.8) is 0 Å². The maximum Gasteiger partial charge on any atom is 0.140 e. The topological polar surface area (TPSA) is 0 Å². The number of hydrogen-bond acceptors (Lipinski definition) is 0. The average molecular weight is 253 g/mol. The summed E-state index contributed by atoms with van der Waals surface area (Å²) in [6.45, 7) is 2.11. The van der Waals surface area contributed by atoms with Gasteiger partial charge >= 0.3 is 0 Å². The van der Waals surface area contributed by atoms with E-state index >= 15 is 0 Å². The molecule has 0 saturated carbocycles. The van der Waals surface area contributed by atoms with Gasteiger partial charge in [-0.1, -0.05) is 70.8 Å². The van der Waals surface area contributed by atoms with Crippen LogP contribution in [0.5, 0.6) is 0 Å². The molecule has 0 N–H and O–H groups in total. The molecule has 0 unspecified atom stereocenters. The van der Waals surface area contributed by atoms with Crippen LogP contribution in [0.4, 0.5) is 0 Å². The van der Waals surface area contributed by atoms with E-state index in [4.69, 9.17) is 23.2 Å². The molecule has 0 aliphatic heterocycles. The van der Waals surface area contributed by atoms with E-state index < -0.39 is 4.33 Å². The third-order valence-electron chi connectivity index (χ3n) is 2.84. The Labute approximate surface area is 107 Å². The second-order valence-electron chi connectivity index (χ2n) is 4.22. The fourth-order valence-corrected chi connectivity index (χ4v) is 2.34. The van der Waals surface area contributed by atoms with Gasteiger partial charge in [0.05, 0.1) is 0 Å². The highest BCUT2D eigenvalue weighted by Crippen LogP contribution is 2.37. The molecule has 0 amide bonds. The maximum absolute atomic E-state index is 6.14. The second kappa shape index (κ2) is 4.65. The molecular formula is C14H14Cl2. The highest BCUT2D eigenvalue weighted by atomic mass is 35.5. The van der Waals surface area contributed by atoms with Crippen LogP contribution in [0.2, 0.25) is 0 Å². The minimum Gasteiger partial charge on any atom is -0.0966 e. The molecule has 0 atom stereocenters. The Morgan fingerprint density at radius 3 is 2.56 bits per heavy atom. The van der Waals surface area contributed by atoms with Gasteiger partial charge in [-0.15, -0.1) is 0 Å². The predicted molar refractivity (Wildman–Crippen MR) is 71.0 cm³/mol. The van der Waals surface area contributed by atoms with E-state index in [-0.39, 0.29) is 0 Å². The molecule has 1 aliphatic rings. The van der Waals surface area contributed by atoms with Gasteiger partial charge in [-0.2, -0.15) is 0 Å². The summed E-state index contributed by atoms with van der Waals surface area (Å²) >= 11 is 12.3. The Balaban J connectivity index is 2.19. The molecule has 1 aromatic carbocycles. The van der Waals surface area contributed by atoms with Crippen molar-refractivity contribution in [1.82, 2.24) is 0 Å². The SMILES string of the molecule is CC1=C(Cc2ccccc2)CC(Cl)(Cl)C=C1. The third-order valence-corrected chi connectivity index (χ3v) is 3.36. The largest absolute Gasteiger partial charge is 0.140 e. The summed E-state index contributed by atoms with van der Waals surface area (Å²) in [5.74, 6) is 0. The molecule has 0 fully saturated rings. The van der Waals surface area contributed by atoms with Crippen LogP contribution in [-0.2, 0) is 6.42 Å². The van der Waals surface area contributed by atoms with Crippen LogP contribution in [0.25, 0.3) is 0 Å². The van der Waals surface area contributed by atoms with Crippen LogP contribution in [-0.4, -0.2) is 4.33 Å². The molecule has 0 radical (unpaired) electrons. The lowest BCUT2D eigenvalue weighted by Crippen LogP contribution is -2.15. The predicted octanol–water partition coefficient (Wildman–Crippen LogP) is 4.68. The first-order valence-electron chi connectivity index (χ1n) is 5.36. The first kappa shape index (κ1) is 11.8. The monoisotopic (exact) mass is 252 g/mol. The number of rotatable bonds is 2. The van der Waals surface area contributed by atoms with E-state index in [1.54, 1.807) is 0 Å². The van der Waals surface area contributed by atoms with Crippen LogP contribution in [0.15, 0.2) is 53.6 Å². The van der Waals surface area contributed by atoms with Gasteiger partial charge in [0.25, 0.3) is 0 Å². The van der Waals surface area contributed by atoms with Gasteiger partial charge in [0.15, 0.2) is 0 Å². The normalized spacial score (nSPS) is 18.9. The minimum absolute atomic E-state index is 0.716. The third kappa shape index (κ3) is 2.90. The minimum atomic E-state index is -0.733. The zero-order valence-corrected chi connectivity index (χ0v) is 10.7. The number of allylic oxidation sites excluding steroid dienone is 4. The molecule has 16 heavy (non-hydrogen) atoms. The standard InChI is InChI=1S/C14H14Cl2/c1-11-7-8-14(15,16)10-13(11)9-12-5-3-2-4-6-12/h2-8H,9-10H2,1H3. The Morgan fingerprint density at radius 2 is 1.88 bits per heavy atom. The molecule has 0 spiro atoms. The van der Waals surface area contributed by atoms with Crippen LogP contribution < -0.4 is 0 Å².